The first-order valence-corrected chi connectivity index (χ1v) is 10.8. The molecule has 3 rings (SSSR count). The van der Waals surface area contributed by atoms with E-state index < -0.39 is 10.0 Å². The van der Waals surface area contributed by atoms with Gasteiger partial charge in [0.05, 0.1) is 38.2 Å². The van der Waals surface area contributed by atoms with Crippen LogP contribution in [0.1, 0.15) is 28.4 Å². The Bertz CT molecular complexity index is 964. The lowest BCUT2D eigenvalue weighted by Crippen LogP contribution is -3.13. The van der Waals surface area contributed by atoms with Crippen LogP contribution in [0.2, 0.25) is 0 Å². The van der Waals surface area contributed by atoms with E-state index in [1.54, 1.807) is 25.3 Å². The fourth-order valence-corrected chi connectivity index (χ4v) is 5.05. The van der Waals surface area contributed by atoms with E-state index in [1.165, 1.54) is 27.8 Å². The molecule has 2 aromatic carbocycles. The summed E-state index contributed by atoms with van der Waals surface area (Å²) in [5.41, 5.74) is 2.74. The summed E-state index contributed by atoms with van der Waals surface area (Å²) in [6, 6.07) is 12.4. The highest BCUT2D eigenvalue weighted by atomic mass is 32.2. The molecule has 0 spiro atoms. The van der Waals surface area contributed by atoms with Crippen LogP contribution in [-0.4, -0.2) is 51.8 Å². The Morgan fingerprint density at radius 2 is 1.86 bits per heavy atom. The van der Waals surface area contributed by atoms with Gasteiger partial charge in [0.15, 0.2) is 5.78 Å². The van der Waals surface area contributed by atoms with Crippen LogP contribution >= 0.6 is 0 Å². The van der Waals surface area contributed by atoms with Crippen molar-refractivity contribution in [3.8, 4) is 5.75 Å². The average Bonchev–Trinajstić information content (AvgIpc) is 2.69. The number of quaternary nitrogens is 1. The molecular weight excluding hydrogens is 376 g/mol. The van der Waals surface area contributed by atoms with Crippen LogP contribution in [0.3, 0.4) is 0 Å². The van der Waals surface area contributed by atoms with Crippen LogP contribution in [0.25, 0.3) is 0 Å². The Labute approximate surface area is 166 Å². The third-order valence-electron chi connectivity index (χ3n) is 5.18. The van der Waals surface area contributed by atoms with Crippen molar-refractivity contribution in [3.63, 3.8) is 0 Å². The number of ether oxygens (including phenoxy) is 1. The van der Waals surface area contributed by atoms with Crippen molar-refractivity contribution >= 4 is 15.8 Å². The third-order valence-corrected chi connectivity index (χ3v) is 7.08. The van der Waals surface area contributed by atoms with Crippen molar-refractivity contribution in [2.24, 2.45) is 0 Å². The molecule has 0 atom stereocenters. The fraction of sp³-hybridized carbons (Fsp3) is 0.381. The van der Waals surface area contributed by atoms with Crippen LogP contribution < -0.4 is 9.64 Å². The van der Waals surface area contributed by atoms with Gasteiger partial charge in [-0.3, -0.25) is 4.79 Å². The number of aryl methyl sites for hydroxylation is 1. The van der Waals surface area contributed by atoms with Crippen LogP contribution in [0.4, 0.5) is 0 Å². The molecule has 0 unspecified atom stereocenters. The van der Waals surface area contributed by atoms with Crippen molar-refractivity contribution in [1.29, 1.82) is 0 Å². The minimum absolute atomic E-state index is 0.140. The van der Waals surface area contributed by atoms with Crippen molar-refractivity contribution in [2.45, 2.75) is 25.3 Å². The highest BCUT2D eigenvalue weighted by Crippen LogP contribution is 2.20. The number of carbonyl (C=O) groups excluding carboxylic acids is 1. The summed E-state index contributed by atoms with van der Waals surface area (Å²) in [5, 5.41) is 0. The summed E-state index contributed by atoms with van der Waals surface area (Å²) < 4.78 is 32.9. The van der Waals surface area contributed by atoms with E-state index in [0.29, 0.717) is 18.7 Å². The summed E-state index contributed by atoms with van der Waals surface area (Å²) in [5.74, 6) is 0.729. The molecule has 0 amide bonds. The number of nitrogens with zero attached hydrogens (tertiary/aromatic N) is 1. The molecule has 150 valence electrons. The van der Waals surface area contributed by atoms with Gasteiger partial charge in [-0.05, 0) is 38.1 Å². The first-order chi connectivity index (χ1) is 13.3. The smallest absolute Gasteiger partial charge is 0.243 e. The summed E-state index contributed by atoms with van der Waals surface area (Å²) in [4.78, 5) is 13.1. The summed E-state index contributed by atoms with van der Waals surface area (Å²) in [6.07, 6.45) is 0. The number of benzene rings is 2. The number of rotatable bonds is 6. The largest absolute Gasteiger partial charge is 0.496 e. The Kier molecular flexibility index (Phi) is 6.17. The first kappa shape index (κ1) is 20.5. The first-order valence-electron chi connectivity index (χ1n) is 9.39. The maximum atomic E-state index is 13.0. The molecule has 1 aliphatic heterocycles. The molecule has 0 radical (unpaired) electrons. The minimum atomic E-state index is -3.59. The molecule has 1 aliphatic rings. The molecule has 28 heavy (non-hydrogen) atoms. The number of methoxy groups -OCH3 is 1. The van der Waals surface area contributed by atoms with E-state index in [1.807, 2.05) is 12.1 Å². The van der Waals surface area contributed by atoms with Gasteiger partial charge in [0.25, 0.3) is 0 Å². The van der Waals surface area contributed by atoms with Crippen molar-refractivity contribution < 1.29 is 22.8 Å². The normalized spacial score (nSPS) is 16.1. The molecule has 2 aromatic rings. The second-order valence-electron chi connectivity index (χ2n) is 7.23. The predicted octanol–water partition coefficient (Wildman–Crippen LogP) is 1.30. The van der Waals surface area contributed by atoms with Crippen LogP contribution in [0.5, 0.6) is 5.75 Å². The molecular formula is C21H27N2O4S+. The number of Topliss-reactive ketones (excluding diaryl/α,β-unsaturated/α-hetero) is 1. The highest BCUT2D eigenvalue weighted by molar-refractivity contribution is 7.89. The van der Waals surface area contributed by atoms with Crippen molar-refractivity contribution in [1.82, 2.24) is 4.31 Å². The SMILES string of the molecule is COc1ccc(C)cc1C[NH+]1CCN(S(=O)(=O)c2cccc(C(C)=O)c2)CC1. The molecule has 1 saturated heterocycles. The Morgan fingerprint density at radius 3 is 2.50 bits per heavy atom. The van der Waals surface area contributed by atoms with Crippen LogP contribution in [0.15, 0.2) is 47.4 Å². The number of nitrogens with one attached hydrogen (secondary N) is 1. The number of ketones is 1. The monoisotopic (exact) mass is 403 g/mol. The van der Waals surface area contributed by atoms with Gasteiger partial charge in [-0.2, -0.15) is 4.31 Å². The van der Waals surface area contributed by atoms with Gasteiger partial charge < -0.3 is 9.64 Å². The third kappa shape index (κ3) is 4.43. The molecule has 7 heteroatoms. The molecule has 1 N–H and O–H groups in total. The summed E-state index contributed by atoms with van der Waals surface area (Å²) in [6.45, 7) is 6.65. The summed E-state index contributed by atoms with van der Waals surface area (Å²) in [7, 11) is -1.92. The van der Waals surface area contributed by atoms with E-state index in [0.717, 1.165) is 30.9 Å². The Hall–Kier alpha value is -2.22. The van der Waals surface area contributed by atoms with E-state index in [9.17, 15) is 13.2 Å². The van der Waals surface area contributed by atoms with Crippen molar-refractivity contribution in [2.75, 3.05) is 33.3 Å². The average molecular weight is 404 g/mol. The number of hydrogen-bond acceptors (Lipinski definition) is 4. The molecule has 0 aromatic heterocycles. The predicted molar refractivity (Wildman–Crippen MR) is 107 cm³/mol. The standard InChI is InChI=1S/C21H26N2O4S/c1-16-7-8-21(27-3)19(13-16)15-22-9-11-23(12-10-22)28(25,26)20-6-4-5-18(14-20)17(2)24/h4-8,13-14H,9-12,15H2,1-3H3/p+1. The quantitative estimate of drug-likeness (QED) is 0.739. The topological polar surface area (TPSA) is 68.1 Å². The second kappa shape index (κ2) is 8.43. The maximum absolute atomic E-state index is 13.0. The van der Waals surface area contributed by atoms with E-state index in [4.69, 9.17) is 4.74 Å². The molecule has 1 fully saturated rings. The van der Waals surface area contributed by atoms with Gasteiger partial charge in [0.2, 0.25) is 10.0 Å². The maximum Gasteiger partial charge on any atom is 0.243 e. The lowest BCUT2D eigenvalue weighted by molar-refractivity contribution is -0.917. The van der Waals surface area contributed by atoms with Gasteiger partial charge in [0.1, 0.15) is 12.3 Å². The van der Waals surface area contributed by atoms with Gasteiger partial charge in [-0.1, -0.05) is 23.8 Å². The number of sulfonamides is 1. The van der Waals surface area contributed by atoms with Crippen LogP contribution in [-0.2, 0) is 16.6 Å². The zero-order chi connectivity index (χ0) is 20.3. The summed E-state index contributed by atoms with van der Waals surface area (Å²) >= 11 is 0. The molecule has 0 saturated carbocycles. The molecule has 6 nitrogen and oxygen atoms in total. The van der Waals surface area contributed by atoms with Gasteiger partial charge in [0, 0.05) is 11.1 Å². The highest BCUT2D eigenvalue weighted by Gasteiger charge is 2.31. The number of piperazine rings is 1. The lowest BCUT2D eigenvalue weighted by Gasteiger charge is -2.31. The van der Waals surface area contributed by atoms with Gasteiger partial charge in [-0.15, -0.1) is 0 Å². The Balaban J connectivity index is 1.69. The van der Waals surface area contributed by atoms with Crippen LogP contribution in [0, 0.1) is 6.92 Å². The number of hydrogen-bond donors (Lipinski definition) is 1. The minimum Gasteiger partial charge on any atom is -0.496 e. The van der Waals surface area contributed by atoms with Gasteiger partial charge in [-0.25, -0.2) is 8.42 Å². The van der Waals surface area contributed by atoms with Crippen molar-refractivity contribution in [3.05, 3.63) is 59.2 Å². The van der Waals surface area contributed by atoms with E-state index >= 15 is 0 Å². The lowest BCUT2D eigenvalue weighted by atomic mass is 10.1. The van der Waals surface area contributed by atoms with E-state index in [-0.39, 0.29) is 10.7 Å². The number of carbonyl (C=O) groups is 1. The molecule has 1 heterocycles. The Morgan fingerprint density at radius 1 is 1.14 bits per heavy atom. The van der Waals surface area contributed by atoms with Gasteiger partial charge >= 0.3 is 0 Å². The zero-order valence-corrected chi connectivity index (χ0v) is 17.4. The molecule has 0 bridgehead atoms. The zero-order valence-electron chi connectivity index (χ0n) is 16.6. The fourth-order valence-electron chi connectivity index (χ4n) is 3.56. The molecule has 0 aliphatic carbocycles. The van der Waals surface area contributed by atoms with E-state index in [2.05, 4.69) is 13.0 Å². The second-order valence-corrected chi connectivity index (χ2v) is 9.17.